The summed E-state index contributed by atoms with van der Waals surface area (Å²) in [5, 5.41) is 13.7. The van der Waals surface area contributed by atoms with Crippen LogP contribution in [-0.2, 0) is 0 Å². The van der Waals surface area contributed by atoms with Gasteiger partial charge < -0.3 is 0 Å². The van der Waals surface area contributed by atoms with Gasteiger partial charge in [-0.3, -0.25) is 4.40 Å². The molecule has 2 heterocycles. The van der Waals surface area contributed by atoms with Crippen LogP contribution in [0.1, 0.15) is 5.56 Å². The number of nitrogens with zero attached hydrogens (tertiary/aromatic N) is 3. The molecule has 114 valence electrons. The van der Waals surface area contributed by atoms with Gasteiger partial charge in [0.2, 0.25) is 0 Å². The Morgan fingerprint density at radius 1 is 0.708 bits per heavy atom. The topological polar surface area (TPSA) is 30.2 Å². The molecule has 3 nitrogen and oxygen atoms in total. The van der Waals surface area contributed by atoms with Crippen molar-refractivity contribution in [2.75, 3.05) is 0 Å². The maximum Gasteiger partial charge on any atom is 0.168 e. The highest BCUT2D eigenvalue weighted by atomic mass is 15.2. The van der Waals surface area contributed by atoms with Crippen LogP contribution in [0.3, 0.4) is 0 Å². The molecular weight excluding hydrogens is 294 g/mol. The van der Waals surface area contributed by atoms with Crippen LogP contribution >= 0.6 is 0 Å². The minimum atomic E-state index is 0.881. The zero-order chi connectivity index (χ0) is 16.1. The van der Waals surface area contributed by atoms with Crippen LogP contribution in [0.15, 0.2) is 72.9 Å². The van der Waals surface area contributed by atoms with Crippen LogP contribution in [0.4, 0.5) is 0 Å². The molecule has 0 unspecified atom stereocenters. The van der Waals surface area contributed by atoms with Crippen molar-refractivity contribution in [3.8, 4) is 11.4 Å². The lowest BCUT2D eigenvalue weighted by Crippen LogP contribution is -1.92. The fourth-order valence-electron chi connectivity index (χ4n) is 3.45. The van der Waals surface area contributed by atoms with Crippen molar-refractivity contribution in [2.45, 2.75) is 6.92 Å². The summed E-state index contributed by atoms with van der Waals surface area (Å²) in [4.78, 5) is 0. The summed E-state index contributed by atoms with van der Waals surface area (Å²) in [6.45, 7) is 2.14. The zero-order valence-corrected chi connectivity index (χ0v) is 13.3. The summed E-state index contributed by atoms with van der Waals surface area (Å²) >= 11 is 0. The van der Waals surface area contributed by atoms with E-state index in [0.29, 0.717) is 0 Å². The van der Waals surface area contributed by atoms with Gasteiger partial charge in [-0.1, -0.05) is 60.7 Å². The second-order valence-electron chi connectivity index (χ2n) is 6.10. The summed E-state index contributed by atoms with van der Waals surface area (Å²) in [6, 6.07) is 23.2. The van der Waals surface area contributed by atoms with Gasteiger partial charge >= 0.3 is 0 Å². The van der Waals surface area contributed by atoms with E-state index in [0.717, 1.165) is 22.4 Å². The molecule has 5 aromatic rings. The highest BCUT2D eigenvalue weighted by Gasteiger charge is 2.13. The van der Waals surface area contributed by atoms with Crippen LogP contribution < -0.4 is 0 Å². The summed E-state index contributed by atoms with van der Waals surface area (Å²) in [6.07, 6.45) is 2.06. The van der Waals surface area contributed by atoms with Crippen molar-refractivity contribution in [1.82, 2.24) is 14.6 Å². The number of pyridine rings is 1. The summed E-state index contributed by atoms with van der Waals surface area (Å²) in [7, 11) is 0. The predicted molar refractivity (Wildman–Crippen MR) is 98.2 cm³/mol. The largest absolute Gasteiger partial charge is 0.282 e. The first-order valence-electron chi connectivity index (χ1n) is 8.04. The Balaban J connectivity index is 1.88. The molecule has 0 amide bonds. The Morgan fingerprint density at radius 2 is 1.46 bits per heavy atom. The smallest absolute Gasteiger partial charge is 0.168 e. The molecule has 0 saturated heterocycles. The number of aromatic nitrogens is 3. The first-order chi connectivity index (χ1) is 11.8. The van der Waals surface area contributed by atoms with E-state index < -0.39 is 0 Å². The van der Waals surface area contributed by atoms with Crippen molar-refractivity contribution in [3.63, 3.8) is 0 Å². The van der Waals surface area contributed by atoms with Gasteiger partial charge in [0.05, 0.1) is 0 Å². The third kappa shape index (κ3) is 1.78. The Morgan fingerprint density at radius 3 is 2.33 bits per heavy atom. The normalized spacial score (nSPS) is 11.5. The summed E-state index contributed by atoms with van der Waals surface area (Å²) < 4.78 is 2.08. The van der Waals surface area contributed by atoms with Gasteiger partial charge in [0.15, 0.2) is 11.5 Å². The van der Waals surface area contributed by atoms with Gasteiger partial charge in [-0.25, -0.2) is 0 Å². The van der Waals surface area contributed by atoms with Gasteiger partial charge in [-0.05, 0) is 34.7 Å². The van der Waals surface area contributed by atoms with Gasteiger partial charge in [-0.2, -0.15) is 0 Å². The lowest BCUT2D eigenvalue weighted by atomic mass is 10.00. The number of aryl methyl sites for hydroxylation is 1. The van der Waals surface area contributed by atoms with Crippen molar-refractivity contribution >= 4 is 27.2 Å². The van der Waals surface area contributed by atoms with E-state index in [9.17, 15) is 0 Å². The van der Waals surface area contributed by atoms with Gasteiger partial charge in [0, 0.05) is 17.1 Å². The van der Waals surface area contributed by atoms with Gasteiger partial charge in [-0.15, -0.1) is 10.2 Å². The molecule has 0 radical (unpaired) electrons. The molecule has 0 aliphatic rings. The van der Waals surface area contributed by atoms with Gasteiger partial charge in [0.1, 0.15) is 0 Å². The number of hydrogen-bond acceptors (Lipinski definition) is 2. The molecule has 0 aliphatic heterocycles. The molecule has 0 aliphatic carbocycles. The van der Waals surface area contributed by atoms with Crippen LogP contribution in [0.2, 0.25) is 0 Å². The third-order valence-corrected chi connectivity index (χ3v) is 4.68. The minimum absolute atomic E-state index is 0.881. The third-order valence-electron chi connectivity index (χ3n) is 4.68. The molecule has 0 saturated carbocycles. The van der Waals surface area contributed by atoms with E-state index in [4.69, 9.17) is 0 Å². The molecule has 0 atom stereocenters. The fourth-order valence-corrected chi connectivity index (χ4v) is 3.45. The number of hydrogen-bond donors (Lipinski definition) is 0. The van der Waals surface area contributed by atoms with Crippen molar-refractivity contribution < 1.29 is 0 Å². The highest BCUT2D eigenvalue weighted by Crippen LogP contribution is 2.31. The molecule has 0 spiro atoms. The Bertz CT molecular complexity index is 1220. The molecule has 0 fully saturated rings. The second-order valence-corrected chi connectivity index (χ2v) is 6.10. The lowest BCUT2D eigenvalue weighted by Gasteiger charge is -2.08. The molecule has 3 heteroatoms. The monoisotopic (exact) mass is 309 g/mol. The molecule has 0 bridgehead atoms. The van der Waals surface area contributed by atoms with Crippen LogP contribution in [0.5, 0.6) is 0 Å². The number of rotatable bonds is 1. The molecule has 24 heavy (non-hydrogen) atoms. The second kappa shape index (κ2) is 4.90. The minimum Gasteiger partial charge on any atom is -0.282 e. The van der Waals surface area contributed by atoms with Crippen LogP contribution in [0.25, 0.3) is 38.6 Å². The first-order valence-corrected chi connectivity index (χ1v) is 8.04. The fraction of sp³-hybridized carbons (Fsp3) is 0.0476. The molecule has 2 aromatic heterocycles. The standard InChI is InChI=1S/C21H15N3/c1-14-10-11-19(18-9-5-4-7-16(14)18)21-23-22-20-17-8-3-2-6-15(17)12-13-24(20)21/h2-13H,1H3. The summed E-state index contributed by atoms with van der Waals surface area (Å²) in [5.41, 5.74) is 3.28. The Hall–Kier alpha value is -3.20. The van der Waals surface area contributed by atoms with E-state index in [1.165, 1.54) is 21.7 Å². The van der Waals surface area contributed by atoms with E-state index in [1.807, 2.05) is 12.1 Å². The van der Waals surface area contributed by atoms with Gasteiger partial charge in [0.25, 0.3) is 0 Å². The molecule has 3 aromatic carbocycles. The number of fused-ring (bicyclic) bond motifs is 4. The van der Waals surface area contributed by atoms with E-state index >= 15 is 0 Å². The Kier molecular flexibility index (Phi) is 2.71. The number of benzene rings is 3. The molecule has 5 rings (SSSR count). The quantitative estimate of drug-likeness (QED) is 0.435. The van der Waals surface area contributed by atoms with E-state index in [1.54, 1.807) is 0 Å². The van der Waals surface area contributed by atoms with Crippen LogP contribution in [-0.4, -0.2) is 14.6 Å². The maximum absolute atomic E-state index is 4.51. The zero-order valence-electron chi connectivity index (χ0n) is 13.3. The maximum atomic E-state index is 4.51. The van der Waals surface area contributed by atoms with Crippen molar-refractivity contribution in [1.29, 1.82) is 0 Å². The average Bonchev–Trinajstić information content (AvgIpc) is 3.07. The Labute approximate surface area is 139 Å². The average molecular weight is 309 g/mol. The SMILES string of the molecule is Cc1ccc(-c2nnc3c4ccccc4ccn23)c2ccccc12. The first kappa shape index (κ1) is 13.3. The van der Waals surface area contributed by atoms with Crippen LogP contribution in [0, 0.1) is 6.92 Å². The predicted octanol–water partition coefficient (Wildman–Crippen LogP) is 5.01. The van der Waals surface area contributed by atoms with E-state index in [-0.39, 0.29) is 0 Å². The van der Waals surface area contributed by atoms with E-state index in [2.05, 4.69) is 82.3 Å². The van der Waals surface area contributed by atoms with Crippen molar-refractivity contribution in [3.05, 3.63) is 78.5 Å². The molecule has 0 N–H and O–H groups in total. The summed E-state index contributed by atoms with van der Waals surface area (Å²) in [5.74, 6) is 0.881. The van der Waals surface area contributed by atoms with Crippen molar-refractivity contribution in [2.24, 2.45) is 0 Å². The molecular formula is C21H15N3. The highest BCUT2D eigenvalue weighted by molar-refractivity contribution is 5.99. The lowest BCUT2D eigenvalue weighted by molar-refractivity contribution is 1.11.